The topological polar surface area (TPSA) is 40.6 Å². The Kier molecular flexibility index (Phi) is 5.27. The molecule has 2 aromatic carbocycles. The zero-order valence-electron chi connectivity index (χ0n) is 12.6. The molecule has 0 unspecified atom stereocenters. The van der Waals surface area contributed by atoms with E-state index in [-0.39, 0.29) is 20.0 Å². The minimum absolute atomic E-state index is 0.00766. The number of piperazine rings is 1. The van der Waals surface area contributed by atoms with Crippen molar-refractivity contribution in [3.05, 3.63) is 57.5 Å². The maximum Gasteiger partial charge on any atom is 0.244 e. The van der Waals surface area contributed by atoms with Crippen LogP contribution in [0.3, 0.4) is 0 Å². The smallest absolute Gasteiger partial charge is 0.244 e. The molecule has 2 aromatic rings. The van der Waals surface area contributed by atoms with Gasteiger partial charge < -0.3 is 4.90 Å². The van der Waals surface area contributed by atoms with Gasteiger partial charge in [-0.15, -0.1) is 0 Å². The van der Waals surface area contributed by atoms with Crippen LogP contribution in [0.1, 0.15) is 0 Å². The number of rotatable bonds is 3. The number of nitrogens with zero attached hydrogens (tertiary/aromatic N) is 2. The van der Waals surface area contributed by atoms with E-state index < -0.39 is 10.0 Å². The van der Waals surface area contributed by atoms with Crippen molar-refractivity contribution >= 4 is 50.5 Å². The quantitative estimate of drug-likeness (QED) is 0.720. The molecule has 0 radical (unpaired) electrons. The van der Waals surface area contributed by atoms with E-state index in [1.54, 1.807) is 0 Å². The average molecular weight is 406 g/mol. The first-order chi connectivity index (χ1) is 11.4. The molecule has 1 fully saturated rings. The van der Waals surface area contributed by atoms with Crippen molar-refractivity contribution in [2.24, 2.45) is 0 Å². The zero-order chi connectivity index (χ0) is 17.3. The van der Waals surface area contributed by atoms with Gasteiger partial charge in [0.2, 0.25) is 10.0 Å². The molecule has 0 spiro atoms. The largest absolute Gasteiger partial charge is 0.369 e. The first-order valence-electron chi connectivity index (χ1n) is 7.34. The van der Waals surface area contributed by atoms with E-state index >= 15 is 0 Å². The van der Waals surface area contributed by atoms with Gasteiger partial charge in [-0.25, -0.2) is 8.42 Å². The van der Waals surface area contributed by atoms with E-state index in [4.69, 9.17) is 34.8 Å². The summed E-state index contributed by atoms with van der Waals surface area (Å²) in [5.74, 6) is 0. The Balaban J connectivity index is 1.79. The van der Waals surface area contributed by atoms with Gasteiger partial charge in [0.05, 0.1) is 15.1 Å². The summed E-state index contributed by atoms with van der Waals surface area (Å²) in [6.07, 6.45) is 0. The summed E-state index contributed by atoms with van der Waals surface area (Å²) in [6, 6.07) is 12.6. The predicted molar refractivity (Wildman–Crippen MR) is 98.9 cm³/mol. The van der Waals surface area contributed by atoms with Crippen molar-refractivity contribution in [2.75, 3.05) is 31.1 Å². The molecule has 1 heterocycles. The van der Waals surface area contributed by atoms with Crippen molar-refractivity contribution < 1.29 is 8.42 Å². The summed E-state index contributed by atoms with van der Waals surface area (Å²) in [5, 5.41) is 0.479. The number of para-hydroxylation sites is 1. The Bertz CT molecular complexity index is 836. The molecular formula is C16H15Cl3N2O2S. The van der Waals surface area contributed by atoms with Crippen LogP contribution < -0.4 is 4.90 Å². The minimum atomic E-state index is -3.71. The molecule has 128 valence electrons. The molecule has 0 saturated carbocycles. The number of sulfonamides is 1. The highest BCUT2D eigenvalue weighted by Gasteiger charge is 2.30. The third-order valence-electron chi connectivity index (χ3n) is 3.95. The molecule has 1 aliphatic rings. The first-order valence-corrected chi connectivity index (χ1v) is 9.91. The molecule has 4 nitrogen and oxygen atoms in total. The van der Waals surface area contributed by atoms with Crippen LogP contribution in [0.5, 0.6) is 0 Å². The monoisotopic (exact) mass is 404 g/mol. The summed E-state index contributed by atoms with van der Waals surface area (Å²) in [4.78, 5) is 2.15. The predicted octanol–water partition coefficient (Wildman–Crippen LogP) is 4.16. The SMILES string of the molecule is O=S(=O)(c1cc(Cl)c(Cl)cc1Cl)N1CCN(c2ccccc2)CC1. The molecule has 0 N–H and O–H groups in total. The van der Waals surface area contributed by atoms with Gasteiger partial charge in [-0.2, -0.15) is 4.31 Å². The zero-order valence-corrected chi connectivity index (χ0v) is 15.7. The molecule has 1 saturated heterocycles. The van der Waals surface area contributed by atoms with Crippen LogP contribution in [-0.2, 0) is 10.0 Å². The Hall–Kier alpha value is -0.980. The summed E-state index contributed by atoms with van der Waals surface area (Å²) in [6.45, 7) is 1.99. The van der Waals surface area contributed by atoms with Crippen LogP contribution in [0.2, 0.25) is 15.1 Å². The highest BCUT2D eigenvalue weighted by atomic mass is 35.5. The van der Waals surface area contributed by atoms with Gasteiger partial charge in [0, 0.05) is 31.9 Å². The molecule has 0 aromatic heterocycles. The lowest BCUT2D eigenvalue weighted by molar-refractivity contribution is 0.385. The lowest BCUT2D eigenvalue weighted by Crippen LogP contribution is -2.48. The third kappa shape index (κ3) is 3.51. The maximum absolute atomic E-state index is 12.8. The number of halogens is 3. The van der Waals surface area contributed by atoms with Gasteiger partial charge >= 0.3 is 0 Å². The molecule has 3 rings (SSSR count). The van der Waals surface area contributed by atoms with E-state index in [1.165, 1.54) is 16.4 Å². The summed E-state index contributed by atoms with van der Waals surface area (Å²) < 4.78 is 27.1. The number of benzene rings is 2. The normalized spacial score (nSPS) is 16.4. The third-order valence-corrected chi connectivity index (χ3v) is 7.04. The van der Waals surface area contributed by atoms with Crippen LogP contribution >= 0.6 is 34.8 Å². The fourth-order valence-electron chi connectivity index (χ4n) is 2.67. The van der Waals surface area contributed by atoms with Gasteiger partial charge in [0.15, 0.2) is 0 Å². The fraction of sp³-hybridized carbons (Fsp3) is 0.250. The van der Waals surface area contributed by atoms with E-state index in [1.807, 2.05) is 30.3 Å². The van der Waals surface area contributed by atoms with Gasteiger partial charge in [0.25, 0.3) is 0 Å². The Morgan fingerprint density at radius 1 is 0.792 bits per heavy atom. The van der Waals surface area contributed by atoms with Crippen molar-refractivity contribution in [2.45, 2.75) is 4.90 Å². The second kappa shape index (κ2) is 7.10. The van der Waals surface area contributed by atoms with Crippen molar-refractivity contribution in [3.8, 4) is 0 Å². The molecule has 8 heteroatoms. The van der Waals surface area contributed by atoms with Crippen LogP contribution in [-0.4, -0.2) is 38.9 Å². The average Bonchev–Trinajstić information content (AvgIpc) is 2.59. The molecule has 24 heavy (non-hydrogen) atoms. The number of hydrogen-bond acceptors (Lipinski definition) is 3. The maximum atomic E-state index is 12.8. The van der Waals surface area contributed by atoms with Crippen LogP contribution in [0, 0.1) is 0 Å². The fourth-order valence-corrected chi connectivity index (χ4v) is 5.06. The number of hydrogen-bond donors (Lipinski definition) is 0. The molecule has 0 atom stereocenters. The highest BCUT2D eigenvalue weighted by Crippen LogP contribution is 2.33. The molecule has 0 aliphatic carbocycles. The first kappa shape index (κ1) is 17.8. The van der Waals surface area contributed by atoms with Crippen molar-refractivity contribution in [1.82, 2.24) is 4.31 Å². The van der Waals surface area contributed by atoms with Crippen LogP contribution in [0.15, 0.2) is 47.4 Å². The number of anilines is 1. The van der Waals surface area contributed by atoms with Gasteiger partial charge in [-0.3, -0.25) is 0 Å². The van der Waals surface area contributed by atoms with Crippen LogP contribution in [0.4, 0.5) is 5.69 Å². The second-order valence-electron chi connectivity index (χ2n) is 5.42. The standard InChI is InChI=1S/C16H15Cl3N2O2S/c17-13-10-15(19)16(11-14(13)18)24(22,23)21-8-6-20(7-9-21)12-4-2-1-3-5-12/h1-5,10-11H,6-9H2. The minimum Gasteiger partial charge on any atom is -0.369 e. The Morgan fingerprint density at radius 2 is 1.38 bits per heavy atom. The van der Waals surface area contributed by atoms with Crippen molar-refractivity contribution in [1.29, 1.82) is 0 Å². The van der Waals surface area contributed by atoms with Gasteiger partial charge in [-0.1, -0.05) is 53.0 Å². The molecule has 0 amide bonds. The summed E-state index contributed by atoms with van der Waals surface area (Å²) in [7, 11) is -3.71. The van der Waals surface area contributed by atoms with E-state index in [2.05, 4.69) is 4.90 Å². The van der Waals surface area contributed by atoms with Crippen LogP contribution in [0.25, 0.3) is 0 Å². The molecule has 0 bridgehead atoms. The summed E-state index contributed by atoms with van der Waals surface area (Å²) in [5.41, 5.74) is 1.09. The summed E-state index contributed by atoms with van der Waals surface area (Å²) >= 11 is 17.9. The highest BCUT2D eigenvalue weighted by molar-refractivity contribution is 7.89. The van der Waals surface area contributed by atoms with Crippen molar-refractivity contribution in [3.63, 3.8) is 0 Å². The van der Waals surface area contributed by atoms with E-state index in [9.17, 15) is 8.42 Å². The van der Waals surface area contributed by atoms with E-state index in [0.717, 1.165) is 5.69 Å². The molecular weight excluding hydrogens is 391 g/mol. The Morgan fingerprint density at radius 3 is 2.00 bits per heavy atom. The van der Waals surface area contributed by atoms with Gasteiger partial charge in [-0.05, 0) is 24.3 Å². The molecule has 1 aliphatic heterocycles. The van der Waals surface area contributed by atoms with Gasteiger partial charge in [0.1, 0.15) is 4.90 Å². The second-order valence-corrected chi connectivity index (χ2v) is 8.55. The Labute approximate surface area is 156 Å². The lowest BCUT2D eigenvalue weighted by atomic mass is 10.2. The van der Waals surface area contributed by atoms with E-state index in [0.29, 0.717) is 26.2 Å². The lowest BCUT2D eigenvalue weighted by Gasteiger charge is -2.35.